The Morgan fingerprint density at radius 3 is 1.69 bits per heavy atom. The minimum Gasteiger partial charge on any atom is -0.344 e. The molecule has 0 atom stereocenters. The molecule has 0 aliphatic heterocycles. The lowest BCUT2D eigenvalue weighted by molar-refractivity contribution is 0.783. The van der Waals surface area contributed by atoms with Gasteiger partial charge in [0.1, 0.15) is 0 Å². The molecule has 1 heteroatoms. The molecule has 0 heterocycles. The first kappa shape index (κ1) is 23.8. The molecule has 208 valence electrons. The summed E-state index contributed by atoms with van der Waals surface area (Å²) < 4.78 is 0. The normalized spacial score (nSPS) is 14.1. The van der Waals surface area contributed by atoms with Gasteiger partial charge in [-0.25, -0.2) is 0 Å². The van der Waals surface area contributed by atoms with Crippen molar-refractivity contribution >= 4 is 65.2 Å². The number of nitrogens with zero attached hydrogens (tertiary/aromatic N) is 1. The molecule has 0 radical (unpaired) electrons. The van der Waals surface area contributed by atoms with Gasteiger partial charge in [0.2, 0.25) is 0 Å². The molecule has 11 rings (SSSR count). The van der Waals surface area contributed by atoms with E-state index < -0.39 is 5.41 Å². The Hall–Kier alpha value is -5.66. The van der Waals surface area contributed by atoms with Crippen molar-refractivity contribution in [2.24, 2.45) is 0 Å². The topological polar surface area (TPSA) is 3.24 Å². The smallest absolute Gasteiger partial charge is 0.0726 e. The lowest BCUT2D eigenvalue weighted by atomic mass is 9.61. The Morgan fingerprint density at radius 2 is 0.933 bits per heavy atom. The van der Waals surface area contributed by atoms with Crippen LogP contribution in [0, 0.1) is 0 Å². The number of rotatable bonds is 2. The number of fused-ring (bicyclic) bond motifs is 8. The highest BCUT2D eigenvalue weighted by molar-refractivity contribution is 6.42. The van der Waals surface area contributed by atoms with Crippen molar-refractivity contribution < 1.29 is 0 Å². The number of hydrogen-bond donors (Lipinski definition) is 0. The van der Waals surface area contributed by atoms with E-state index in [0.717, 1.165) is 0 Å². The van der Waals surface area contributed by atoms with Crippen LogP contribution in [0.15, 0.2) is 146 Å². The SMILES string of the molecule is CN(c1ccccc1)c1c2cccc3c2c2c4c(ccc5cccc(c6cccc1c62)c54)C31c2ccccc2-c2ccccc21. The third kappa shape index (κ3) is 2.61. The Bertz CT molecular complexity index is 2670. The fraction of sp³-hybridized carbons (Fsp3) is 0.0455. The second kappa shape index (κ2) is 8.08. The average Bonchev–Trinajstić information content (AvgIpc) is 3.40. The van der Waals surface area contributed by atoms with Gasteiger partial charge in [0.15, 0.2) is 0 Å². The third-order valence-electron chi connectivity index (χ3n) is 11.0. The predicted octanol–water partition coefficient (Wildman–Crippen LogP) is 11.3. The molecule has 0 amide bonds. The van der Waals surface area contributed by atoms with Crippen molar-refractivity contribution in [3.05, 3.63) is 168 Å². The molecule has 0 saturated carbocycles. The summed E-state index contributed by atoms with van der Waals surface area (Å²) in [4.78, 5) is 2.40. The van der Waals surface area contributed by atoms with Crippen LogP contribution in [0.5, 0.6) is 0 Å². The predicted molar refractivity (Wildman–Crippen MR) is 191 cm³/mol. The highest BCUT2D eigenvalue weighted by Crippen LogP contribution is 2.63. The van der Waals surface area contributed by atoms with Gasteiger partial charge in [0.05, 0.1) is 11.1 Å². The van der Waals surface area contributed by atoms with Crippen molar-refractivity contribution in [3.8, 4) is 11.1 Å². The minimum absolute atomic E-state index is 0.418. The van der Waals surface area contributed by atoms with Gasteiger partial charge in [-0.2, -0.15) is 0 Å². The number of para-hydroxylation sites is 1. The van der Waals surface area contributed by atoms with Crippen LogP contribution in [-0.4, -0.2) is 7.05 Å². The van der Waals surface area contributed by atoms with Gasteiger partial charge < -0.3 is 4.90 Å². The molecule has 0 aromatic heterocycles. The standard InChI is InChI=1S/C44H27N/c1-45(27-13-3-2-4-14-27)43-32-19-10-18-31-30-17-9-12-26-24-25-37-41(38(26)30)42(39(31)32)40-33(43)20-11-23-36(40)44(37)34-21-7-5-15-28(34)29-16-6-8-22-35(29)44/h2-25H,1H3. The third-order valence-corrected chi connectivity index (χ3v) is 11.0. The molecule has 0 unspecified atom stereocenters. The summed E-state index contributed by atoms with van der Waals surface area (Å²) in [5, 5.41) is 13.6. The van der Waals surface area contributed by atoms with Crippen LogP contribution < -0.4 is 4.90 Å². The van der Waals surface area contributed by atoms with Crippen LogP contribution in [-0.2, 0) is 5.41 Å². The van der Waals surface area contributed by atoms with E-state index >= 15 is 0 Å². The largest absolute Gasteiger partial charge is 0.344 e. The van der Waals surface area contributed by atoms with Crippen molar-refractivity contribution in [1.82, 2.24) is 0 Å². The van der Waals surface area contributed by atoms with Crippen LogP contribution in [0.25, 0.3) is 65.0 Å². The Labute approximate surface area is 260 Å². The van der Waals surface area contributed by atoms with E-state index in [2.05, 4.69) is 158 Å². The molecular weight excluding hydrogens is 542 g/mol. The van der Waals surface area contributed by atoms with E-state index in [4.69, 9.17) is 0 Å². The van der Waals surface area contributed by atoms with Gasteiger partial charge in [0, 0.05) is 28.9 Å². The second-order valence-electron chi connectivity index (χ2n) is 12.8. The minimum atomic E-state index is -0.418. The van der Waals surface area contributed by atoms with E-state index in [1.54, 1.807) is 0 Å². The highest BCUT2D eigenvalue weighted by atomic mass is 15.1. The van der Waals surface area contributed by atoms with Gasteiger partial charge in [0.25, 0.3) is 0 Å². The molecule has 1 spiro atoms. The first-order chi connectivity index (χ1) is 22.3. The summed E-state index contributed by atoms with van der Waals surface area (Å²) in [7, 11) is 2.23. The zero-order valence-electron chi connectivity index (χ0n) is 24.8. The van der Waals surface area contributed by atoms with E-state index in [0.29, 0.717) is 0 Å². The fourth-order valence-corrected chi connectivity index (χ4v) is 9.37. The monoisotopic (exact) mass is 569 g/mol. The maximum Gasteiger partial charge on any atom is 0.0726 e. The van der Waals surface area contributed by atoms with Gasteiger partial charge in [-0.05, 0) is 83.2 Å². The van der Waals surface area contributed by atoms with Crippen LogP contribution in [0.3, 0.4) is 0 Å². The summed E-state index contributed by atoms with van der Waals surface area (Å²) in [6.07, 6.45) is 0. The number of benzene rings is 9. The molecule has 9 aromatic carbocycles. The Balaban J connectivity index is 1.48. The quantitative estimate of drug-likeness (QED) is 0.148. The van der Waals surface area contributed by atoms with Crippen LogP contribution in [0.1, 0.15) is 22.3 Å². The van der Waals surface area contributed by atoms with Crippen LogP contribution >= 0.6 is 0 Å². The Morgan fingerprint density at radius 1 is 0.378 bits per heavy atom. The number of anilines is 2. The summed E-state index contributed by atoms with van der Waals surface area (Å²) in [5.41, 5.74) is 10.3. The molecule has 2 aliphatic rings. The molecule has 9 aromatic rings. The average molecular weight is 570 g/mol. The Kier molecular flexibility index (Phi) is 4.27. The van der Waals surface area contributed by atoms with Gasteiger partial charge in [-0.3, -0.25) is 0 Å². The lowest BCUT2D eigenvalue weighted by Gasteiger charge is -2.40. The molecule has 0 bridgehead atoms. The lowest BCUT2D eigenvalue weighted by Crippen LogP contribution is -2.31. The first-order valence-corrected chi connectivity index (χ1v) is 15.9. The van der Waals surface area contributed by atoms with Crippen molar-refractivity contribution in [2.45, 2.75) is 5.41 Å². The number of hydrogen-bond acceptors (Lipinski definition) is 1. The van der Waals surface area contributed by atoms with Crippen molar-refractivity contribution in [2.75, 3.05) is 11.9 Å². The zero-order chi connectivity index (χ0) is 29.4. The van der Waals surface area contributed by atoms with Gasteiger partial charge in [-0.1, -0.05) is 133 Å². The van der Waals surface area contributed by atoms with Crippen LogP contribution in [0.2, 0.25) is 0 Å². The highest BCUT2D eigenvalue weighted by Gasteiger charge is 2.50. The van der Waals surface area contributed by atoms with E-state index in [1.165, 1.54) is 98.6 Å². The first-order valence-electron chi connectivity index (χ1n) is 15.9. The molecule has 1 nitrogen and oxygen atoms in total. The molecule has 0 fully saturated rings. The second-order valence-corrected chi connectivity index (χ2v) is 12.8. The summed E-state index contributed by atoms with van der Waals surface area (Å²) in [5.74, 6) is 0. The van der Waals surface area contributed by atoms with Gasteiger partial charge in [-0.15, -0.1) is 0 Å². The fourth-order valence-electron chi connectivity index (χ4n) is 9.37. The summed E-state index contributed by atoms with van der Waals surface area (Å²) in [6.45, 7) is 0. The maximum atomic E-state index is 2.45. The zero-order valence-corrected chi connectivity index (χ0v) is 24.8. The van der Waals surface area contributed by atoms with E-state index in [1.807, 2.05) is 0 Å². The van der Waals surface area contributed by atoms with E-state index in [-0.39, 0.29) is 0 Å². The van der Waals surface area contributed by atoms with Crippen molar-refractivity contribution in [1.29, 1.82) is 0 Å². The molecule has 0 N–H and O–H groups in total. The molecular formula is C44H27N. The summed E-state index contributed by atoms with van der Waals surface area (Å²) in [6, 6.07) is 54.8. The van der Waals surface area contributed by atoms with Gasteiger partial charge >= 0.3 is 0 Å². The van der Waals surface area contributed by atoms with Crippen LogP contribution in [0.4, 0.5) is 11.4 Å². The summed E-state index contributed by atoms with van der Waals surface area (Å²) >= 11 is 0. The van der Waals surface area contributed by atoms with Crippen molar-refractivity contribution in [3.63, 3.8) is 0 Å². The maximum absolute atomic E-state index is 2.45. The molecule has 45 heavy (non-hydrogen) atoms. The molecule has 2 aliphatic carbocycles. The molecule has 0 saturated heterocycles. The van der Waals surface area contributed by atoms with E-state index in [9.17, 15) is 0 Å².